The van der Waals surface area contributed by atoms with Gasteiger partial charge in [-0.2, -0.15) is 0 Å². The zero-order chi connectivity index (χ0) is 24.5. The van der Waals surface area contributed by atoms with E-state index in [9.17, 15) is 19.2 Å². The monoisotopic (exact) mass is 507 g/mol. The van der Waals surface area contributed by atoms with Crippen molar-refractivity contribution in [1.82, 2.24) is 10.2 Å². The van der Waals surface area contributed by atoms with Crippen molar-refractivity contribution in [2.24, 2.45) is 0 Å². The minimum Gasteiger partial charge on any atom is -0.433 e. The Morgan fingerprint density at radius 2 is 1.66 bits per heavy atom. The number of fused-ring (bicyclic) bond motifs is 3. The predicted octanol–water partition coefficient (Wildman–Crippen LogP) is 4.16. The van der Waals surface area contributed by atoms with Crippen LogP contribution in [0, 0.1) is 0 Å². The molecule has 8 nitrogen and oxygen atoms in total. The number of carbonyl (C=O) groups is 4. The number of carbonyl (C=O) groups excluding carboxylic acids is 4. The van der Waals surface area contributed by atoms with Gasteiger partial charge in [-0.25, -0.2) is 9.59 Å². The lowest BCUT2D eigenvalue weighted by Crippen LogP contribution is -2.55. The summed E-state index contributed by atoms with van der Waals surface area (Å²) in [4.78, 5) is 55.7. The van der Waals surface area contributed by atoms with Gasteiger partial charge in [-0.15, -0.1) is 0 Å². The fourth-order valence-corrected chi connectivity index (χ4v) is 5.30. The first-order valence-corrected chi connectivity index (χ1v) is 11.4. The standard InChI is InChI=1S/C25H15Cl2N3O5/c26-17-10-9-13(11-18(17)27)12-29-19-8-4-3-7-16(19)25(23(29)33)22(32)28-24(34)30(25)20-14-5-1-2-6-15(14)21(31)35-20/h1-11,20H,12H2,(H,28,32,34). The van der Waals surface area contributed by atoms with Crippen LogP contribution in [0.15, 0.2) is 66.7 Å². The Balaban J connectivity index is 1.51. The summed E-state index contributed by atoms with van der Waals surface area (Å²) in [7, 11) is 0. The summed E-state index contributed by atoms with van der Waals surface area (Å²) < 4.78 is 5.54. The summed E-state index contributed by atoms with van der Waals surface area (Å²) in [5.74, 6) is -2.09. The van der Waals surface area contributed by atoms with Crippen molar-refractivity contribution in [3.05, 3.63) is 99.0 Å². The van der Waals surface area contributed by atoms with Gasteiger partial charge in [0.05, 0.1) is 27.8 Å². The average molecular weight is 508 g/mol. The summed E-state index contributed by atoms with van der Waals surface area (Å²) in [6, 6.07) is 17.4. The molecule has 4 amide bonds. The van der Waals surface area contributed by atoms with Gasteiger partial charge in [-0.05, 0) is 29.8 Å². The molecule has 2 unspecified atom stereocenters. The number of benzene rings is 3. The summed E-state index contributed by atoms with van der Waals surface area (Å²) in [6.45, 7) is 0.0742. The van der Waals surface area contributed by atoms with Gasteiger partial charge in [0.25, 0.3) is 11.8 Å². The van der Waals surface area contributed by atoms with Crippen molar-refractivity contribution in [3.8, 4) is 0 Å². The van der Waals surface area contributed by atoms with Gasteiger partial charge >= 0.3 is 12.0 Å². The Kier molecular flexibility index (Phi) is 4.67. The third-order valence-corrected chi connectivity index (χ3v) is 7.23. The largest absolute Gasteiger partial charge is 0.433 e. The van der Waals surface area contributed by atoms with E-state index in [-0.39, 0.29) is 12.1 Å². The average Bonchev–Trinajstić information content (AvgIpc) is 3.40. The van der Waals surface area contributed by atoms with Gasteiger partial charge < -0.3 is 9.64 Å². The third-order valence-electron chi connectivity index (χ3n) is 6.49. The SMILES string of the molecule is O=C1OC(N2C(=O)NC(=O)C23C(=O)N(Cc2ccc(Cl)c(Cl)c2)c2ccccc23)c2ccccc21. The molecule has 3 aromatic carbocycles. The van der Waals surface area contributed by atoms with Crippen LogP contribution in [0.4, 0.5) is 10.5 Å². The van der Waals surface area contributed by atoms with E-state index < -0.39 is 35.6 Å². The number of anilines is 1. The molecule has 0 aliphatic carbocycles. The number of urea groups is 1. The van der Waals surface area contributed by atoms with Crippen LogP contribution in [0.2, 0.25) is 10.0 Å². The fourth-order valence-electron chi connectivity index (χ4n) is 4.97. The number of imide groups is 1. The normalized spacial score (nSPS) is 22.5. The summed E-state index contributed by atoms with van der Waals surface area (Å²) in [5, 5.41) is 2.96. The molecule has 0 aromatic heterocycles. The zero-order valence-electron chi connectivity index (χ0n) is 17.8. The molecule has 1 N–H and O–H groups in total. The van der Waals surface area contributed by atoms with Crippen LogP contribution in [-0.2, 0) is 26.4 Å². The van der Waals surface area contributed by atoms with Crippen LogP contribution in [0.1, 0.15) is 33.3 Å². The minimum atomic E-state index is -2.05. The van der Waals surface area contributed by atoms with Gasteiger partial charge in [0, 0.05) is 11.1 Å². The number of halogens is 2. The second-order valence-electron chi connectivity index (χ2n) is 8.34. The molecular formula is C25H15Cl2N3O5. The third kappa shape index (κ3) is 2.87. The topological polar surface area (TPSA) is 96.0 Å². The molecular weight excluding hydrogens is 493 g/mol. The van der Waals surface area contributed by atoms with Gasteiger partial charge in [0.15, 0.2) is 0 Å². The highest BCUT2D eigenvalue weighted by Crippen LogP contribution is 2.51. The quantitative estimate of drug-likeness (QED) is 0.326. The molecule has 2 atom stereocenters. The van der Waals surface area contributed by atoms with E-state index >= 15 is 0 Å². The number of rotatable bonds is 3. The van der Waals surface area contributed by atoms with Crippen LogP contribution >= 0.6 is 23.2 Å². The predicted molar refractivity (Wildman–Crippen MR) is 126 cm³/mol. The highest BCUT2D eigenvalue weighted by molar-refractivity contribution is 6.42. The lowest BCUT2D eigenvalue weighted by molar-refractivity contribution is -0.144. The summed E-state index contributed by atoms with van der Waals surface area (Å²) >= 11 is 12.2. The van der Waals surface area contributed by atoms with E-state index in [2.05, 4.69) is 5.32 Å². The van der Waals surface area contributed by atoms with Gasteiger partial charge in [-0.1, -0.05) is 65.7 Å². The van der Waals surface area contributed by atoms with Gasteiger partial charge in [-0.3, -0.25) is 19.8 Å². The first-order valence-electron chi connectivity index (χ1n) is 10.6. The molecule has 6 rings (SSSR count). The highest BCUT2D eigenvalue weighted by atomic mass is 35.5. The molecule has 174 valence electrons. The van der Waals surface area contributed by atoms with Crippen LogP contribution in [-0.4, -0.2) is 28.7 Å². The summed E-state index contributed by atoms with van der Waals surface area (Å²) in [6.07, 6.45) is -1.26. The molecule has 1 saturated heterocycles. The van der Waals surface area contributed by atoms with Gasteiger partial charge in [0.2, 0.25) is 11.8 Å². The van der Waals surface area contributed by atoms with Crippen molar-refractivity contribution in [2.75, 3.05) is 4.90 Å². The molecule has 0 bridgehead atoms. The lowest BCUT2D eigenvalue weighted by Gasteiger charge is -2.34. The molecule has 35 heavy (non-hydrogen) atoms. The molecule has 3 aromatic rings. The Hall–Kier alpha value is -3.88. The molecule has 1 fully saturated rings. The first-order chi connectivity index (χ1) is 16.8. The molecule has 0 saturated carbocycles. The van der Waals surface area contributed by atoms with Crippen LogP contribution in [0.3, 0.4) is 0 Å². The fraction of sp³-hybridized carbons (Fsp3) is 0.120. The number of ether oxygens (including phenoxy) is 1. The van der Waals surface area contributed by atoms with Crippen LogP contribution in [0.5, 0.6) is 0 Å². The number of hydrogen-bond donors (Lipinski definition) is 1. The number of amides is 4. The highest BCUT2D eigenvalue weighted by Gasteiger charge is 2.68. The molecule has 1 spiro atoms. The van der Waals surface area contributed by atoms with Gasteiger partial charge in [0.1, 0.15) is 0 Å². The number of nitrogens with one attached hydrogen (secondary N) is 1. The van der Waals surface area contributed by atoms with Crippen molar-refractivity contribution >= 4 is 52.7 Å². The van der Waals surface area contributed by atoms with E-state index in [1.807, 2.05) is 0 Å². The van der Waals surface area contributed by atoms with E-state index in [1.165, 1.54) is 4.90 Å². The number of esters is 1. The first kappa shape index (κ1) is 21.6. The maximum Gasteiger partial charge on any atom is 0.340 e. The number of cyclic esters (lactones) is 1. The second-order valence-corrected chi connectivity index (χ2v) is 9.16. The Bertz CT molecular complexity index is 1470. The van der Waals surface area contributed by atoms with E-state index in [0.29, 0.717) is 32.4 Å². The van der Waals surface area contributed by atoms with Crippen molar-refractivity contribution in [2.45, 2.75) is 18.3 Å². The second kappa shape index (κ2) is 7.56. The van der Waals surface area contributed by atoms with Crippen molar-refractivity contribution < 1.29 is 23.9 Å². The minimum absolute atomic E-state index is 0.0742. The molecule has 3 aliphatic heterocycles. The molecule has 10 heteroatoms. The summed E-state index contributed by atoms with van der Waals surface area (Å²) in [5.41, 5.74) is 0.0614. The number of nitrogens with zero attached hydrogens (tertiary/aromatic N) is 2. The molecule has 3 heterocycles. The van der Waals surface area contributed by atoms with Crippen molar-refractivity contribution in [1.29, 1.82) is 0 Å². The Morgan fingerprint density at radius 1 is 0.914 bits per heavy atom. The van der Waals surface area contributed by atoms with Crippen molar-refractivity contribution in [3.63, 3.8) is 0 Å². The smallest absolute Gasteiger partial charge is 0.340 e. The Labute approximate surface area is 209 Å². The zero-order valence-corrected chi connectivity index (χ0v) is 19.3. The van der Waals surface area contributed by atoms with E-state index in [0.717, 1.165) is 4.90 Å². The molecule has 3 aliphatic rings. The number of hydrogen-bond acceptors (Lipinski definition) is 5. The lowest BCUT2D eigenvalue weighted by atomic mass is 9.89. The number of para-hydroxylation sites is 1. The Morgan fingerprint density at radius 3 is 2.46 bits per heavy atom. The maximum atomic E-state index is 14.1. The maximum absolute atomic E-state index is 14.1. The molecule has 0 radical (unpaired) electrons. The van der Waals surface area contributed by atoms with Crippen LogP contribution in [0.25, 0.3) is 0 Å². The van der Waals surface area contributed by atoms with E-state index in [1.54, 1.807) is 66.7 Å². The van der Waals surface area contributed by atoms with Crippen LogP contribution < -0.4 is 10.2 Å². The van der Waals surface area contributed by atoms with E-state index in [4.69, 9.17) is 27.9 Å².